The summed E-state index contributed by atoms with van der Waals surface area (Å²) in [5.74, 6) is 0.226. The number of hydrogen-bond acceptors (Lipinski definition) is 1. The number of aryl methyl sites for hydroxylation is 1. The molecule has 1 aromatic carbocycles. The highest BCUT2D eigenvalue weighted by Crippen LogP contribution is 2.15. The lowest BCUT2D eigenvalue weighted by Gasteiger charge is -2.04. The molecule has 86 valence electrons. The van der Waals surface area contributed by atoms with Crippen molar-refractivity contribution in [2.75, 3.05) is 0 Å². The summed E-state index contributed by atoms with van der Waals surface area (Å²) >= 11 is 0. The van der Waals surface area contributed by atoms with E-state index in [0.717, 1.165) is 12.0 Å². The van der Waals surface area contributed by atoms with E-state index in [0.29, 0.717) is 0 Å². The van der Waals surface area contributed by atoms with Crippen molar-refractivity contribution in [3.8, 4) is 5.75 Å². The van der Waals surface area contributed by atoms with E-state index in [-0.39, 0.29) is 5.75 Å². The molecule has 3 heteroatoms. The van der Waals surface area contributed by atoms with E-state index < -0.39 is 6.61 Å². The molecule has 0 spiro atoms. The minimum Gasteiger partial charge on any atom is -0.435 e. The average Bonchev–Trinajstić information content (AvgIpc) is 2.18. The van der Waals surface area contributed by atoms with Gasteiger partial charge in [0.05, 0.1) is 0 Å². The minimum absolute atomic E-state index is 0.226. The first-order chi connectivity index (χ1) is 7.13. The summed E-state index contributed by atoms with van der Waals surface area (Å²) in [6.45, 7) is 3.47. The van der Waals surface area contributed by atoms with E-state index in [2.05, 4.69) is 18.6 Å². The van der Waals surface area contributed by atoms with Crippen molar-refractivity contribution in [1.82, 2.24) is 0 Å². The number of ether oxygens (including phenoxy) is 1. The first-order valence-electron chi connectivity index (χ1n) is 5.17. The molecular weight excluding hydrogens is 198 g/mol. The second-order valence-electron chi connectivity index (χ2n) is 3.09. The summed E-state index contributed by atoms with van der Waals surface area (Å²) in [6, 6.07) is 6.71. The highest BCUT2D eigenvalue weighted by molar-refractivity contribution is 5.28. The van der Waals surface area contributed by atoms with Gasteiger partial charge in [-0.05, 0) is 24.1 Å². The largest absolute Gasteiger partial charge is 0.435 e. The lowest BCUT2D eigenvalue weighted by molar-refractivity contribution is -0.0498. The van der Waals surface area contributed by atoms with Crippen LogP contribution >= 0.6 is 0 Å². The predicted octanol–water partition coefficient (Wildman–Crippen LogP) is 4.27. The quantitative estimate of drug-likeness (QED) is 0.733. The Morgan fingerprint density at radius 2 is 1.80 bits per heavy atom. The van der Waals surface area contributed by atoms with Crippen molar-refractivity contribution < 1.29 is 13.5 Å². The number of rotatable bonds is 3. The van der Waals surface area contributed by atoms with Gasteiger partial charge in [-0.1, -0.05) is 39.3 Å². The van der Waals surface area contributed by atoms with Gasteiger partial charge in [-0.2, -0.15) is 8.78 Å². The van der Waals surface area contributed by atoms with Crippen molar-refractivity contribution in [1.29, 1.82) is 0 Å². The van der Waals surface area contributed by atoms with Crippen molar-refractivity contribution in [2.45, 2.75) is 40.2 Å². The molecule has 0 aliphatic heterocycles. The zero-order valence-electron chi connectivity index (χ0n) is 9.47. The minimum atomic E-state index is -2.74. The molecule has 0 bridgehead atoms. The van der Waals surface area contributed by atoms with Crippen LogP contribution in [0.5, 0.6) is 5.75 Å². The van der Waals surface area contributed by atoms with E-state index in [9.17, 15) is 8.78 Å². The lowest BCUT2D eigenvalue weighted by atomic mass is 10.2. The van der Waals surface area contributed by atoms with Crippen LogP contribution in [0.25, 0.3) is 0 Å². The average molecular weight is 216 g/mol. The van der Waals surface area contributed by atoms with Crippen LogP contribution in [0, 0.1) is 0 Å². The second kappa shape index (κ2) is 8.21. The van der Waals surface area contributed by atoms with Crippen LogP contribution in [-0.2, 0) is 6.42 Å². The summed E-state index contributed by atoms with van der Waals surface area (Å²) in [6.07, 6.45) is 2.07. The number of halogens is 2. The van der Waals surface area contributed by atoms with E-state index in [1.165, 1.54) is 12.5 Å². The number of hydrogen-bond donors (Lipinski definition) is 0. The smallest absolute Gasteiger partial charge is 0.387 e. The van der Waals surface area contributed by atoms with Gasteiger partial charge in [0.2, 0.25) is 0 Å². The standard InChI is InChI=1S/C9H10F2O.C3H8/c1-2-7-4-3-5-8(6-7)12-9(10)11;1-3-2/h3-6,9H,2H2,1H3;3H2,1-2H3. The third-order valence-electron chi connectivity index (χ3n) is 1.53. The summed E-state index contributed by atoms with van der Waals surface area (Å²) in [5.41, 5.74) is 0.994. The SMILES string of the molecule is CCC.CCc1cccc(OC(F)F)c1. The number of benzene rings is 1. The Hall–Kier alpha value is -1.12. The molecule has 1 rings (SSSR count). The first-order valence-corrected chi connectivity index (χ1v) is 5.17. The second-order valence-corrected chi connectivity index (χ2v) is 3.09. The monoisotopic (exact) mass is 216 g/mol. The van der Waals surface area contributed by atoms with Gasteiger partial charge in [0, 0.05) is 0 Å². The van der Waals surface area contributed by atoms with Crippen LogP contribution in [0.2, 0.25) is 0 Å². The molecule has 0 aliphatic carbocycles. The van der Waals surface area contributed by atoms with Gasteiger partial charge >= 0.3 is 6.61 Å². The highest BCUT2D eigenvalue weighted by Gasteiger charge is 2.03. The van der Waals surface area contributed by atoms with Gasteiger partial charge in [0.1, 0.15) is 5.75 Å². The molecule has 0 N–H and O–H groups in total. The van der Waals surface area contributed by atoms with Gasteiger partial charge in [0.25, 0.3) is 0 Å². The van der Waals surface area contributed by atoms with Gasteiger partial charge in [-0.25, -0.2) is 0 Å². The van der Waals surface area contributed by atoms with Crippen LogP contribution in [0.15, 0.2) is 24.3 Å². The van der Waals surface area contributed by atoms with E-state index in [1.54, 1.807) is 12.1 Å². The Balaban J connectivity index is 0.000000583. The number of alkyl halides is 2. The summed E-state index contributed by atoms with van der Waals surface area (Å²) in [5, 5.41) is 0. The fraction of sp³-hybridized carbons (Fsp3) is 0.500. The molecule has 0 fully saturated rings. The van der Waals surface area contributed by atoms with E-state index >= 15 is 0 Å². The van der Waals surface area contributed by atoms with Crippen LogP contribution in [-0.4, -0.2) is 6.61 Å². The Labute approximate surface area is 90.1 Å². The van der Waals surface area contributed by atoms with Crippen LogP contribution < -0.4 is 4.74 Å². The topological polar surface area (TPSA) is 9.23 Å². The maximum atomic E-state index is 11.7. The molecule has 0 saturated carbocycles. The third-order valence-corrected chi connectivity index (χ3v) is 1.53. The molecule has 0 aliphatic rings. The highest BCUT2D eigenvalue weighted by atomic mass is 19.3. The van der Waals surface area contributed by atoms with Gasteiger partial charge in [-0.15, -0.1) is 0 Å². The molecule has 1 nitrogen and oxygen atoms in total. The molecule has 0 heterocycles. The molecule has 0 atom stereocenters. The molecule has 15 heavy (non-hydrogen) atoms. The van der Waals surface area contributed by atoms with Crippen molar-refractivity contribution >= 4 is 0 Å². The molecule has 0 aromatic heterocycles. The summed E-state index contributed by atoms with van der Waals surface area (Å²) < 4.78 is 27.7. The normalized spacial score (nSPS) is 9.47. The maximum absolute atomic E-state index is 11.7. The fourth-order valence-electron chi connectivity index (χ4n) is 0.942. The molecule has 1 aromatic rings. The van der Waals surface area contributed by atoms with E-state index in [4.69, 9.17) is 0 Å². The van der Waals surface area contributed by atoms with Crippen LogP contribution in [0.3, 0.4) is 0 Å². The first kappa shape index (κ1) is 13.9. The predicted molar refractivity (Wildman–Crippen MR) is 58.4 cm³/mol. The Morgan fingerprint density at radius 1 is 1.20 bits per heavy atom. The van der Waals surface area contributed by atoms with Gasteiger partial charge in [0.15, 0.2) is 0 Å². The summed E-state index contributed by atoms with van der Waals surface area (Å²) in [4.78, 5) is 0. The Bertz CT molecular complexity index is 262. The maximum Gasteiger partial charge on any atom is 0.387 e. The molecule has 0 unspecified atom stereocenters. The molecule has 0 saturated heterocycles. The zero-order chi connectivity index (χ0) is 11.7. The lowest BCUT2D eigenvalue weighted by Crippen LogP contribution is -2.01. The Morgan fingerprint density at radius 3 is 2.27 bits per heavy atom. The van der Waals surface area contributed by atoms with E-state index in [1.807, 2.05) is 13.0 Å². The van der Waals surface area contributed by atoms with Crippen LogP contribution in [0.4, 0.5) is 8.78 Å². The molecule has 0 radical (unpaired) electrons. The zero-order valence-corrected chi connectivity index (χ0v) is 9.47. The van der Waals surface area contributed by atoms with Gasteiger partial charge < -0.3 is 4.74 Å². The van der Waals surface area contributed by atoms with Gasteiger partial charge in [-0.3, -0.25) is 0 Å². The fourth-order valence-corrected chi connectivity index (χ4v) is 0.942. The summed E-state index contributed by atoms with van der Waals surface area (Å²) in [7, 11) is 0. The van der Waals surface area contributed by atoms with Crippen molar-refractivity contribution in [2.24, 2.45) is 0 Å². The Kier molecular flexibility index (Phi) is 7.60. The molecular formula is C12H18F2O. The third kappa shape index (κ3) is 6.89. The molecule has 0 amide bonds. The van der Waals surface area contributed by atoms with Crippen molar-refractivity contribution in [3.63, 3.8) is 0 Å². The van der Waals surface area contributed by atoms with Crippen molar-refractivity contribution in [3.05, 3.63) is 29.8 Å². The van der Waals surface area contributed by atoms with Crippen LogP contribution in [0.1, 0.15) is 32.8 Å².